The summed E-state index contributed by atoms with van der Waals surface area (Å²) in [6.45, 7) is 8.82. The maximum absolute atomic E-state index is 11.4. The molecule has 0 bridgehead atoms. The lowest BCUT2D eigenvalue weighted by Crippen LogP contribution is -2.50. The molecule has 0 aromatic carbocycles. The number of hydrogen-bond acceptors (Lipinski definition) is 4. The first-order chi connectivity index (χ1) is 7.67. The predicted molar refractivity (Wildman–Crippen MR) is 61.9 cm³/mol. The Labute approximate surface area is 101 Å². The molecule has 0 fully saturated rings. The van der Waals surface area contributed by atoms with E-state index < -0.39 is 29.8 Å². The van der Waals surface area contributed by atoms with Crippen molar-refractivity contribution in [2.45, 2.75) is 52.4 Å². The fourth-order valence-electron chi connectivity index (χ4n) is 1.17. The van der Waals surface area contributed by atoms with Gasteiger partial charge in [0, 0.05) is 6.61 Å². The van der Waals surface area contributed by atoms with E-state index in [1.807, 2.05) is 0 Å². The summed E-state index contributed by atoms with van der Waals surface area (Å²) in [6, 6.07) is -1.12. The van der Waals surface area contributed by atoms with Crippen LogP contribution in [0.25, 0.3) is 0 Å². The van der Waals surface area contributed by atoms with Crippen molar-refractivity contribution in [1.29, 1.82) is 0 Å². The zero-order valence-corrected chi connectivity index (χ0v) is 10.9. The van der Waals surface area contributed by atoms with Gasteiger partial charge in [-0.3, -0.25) is 0 Å². The van der Waals surface area contributed by atoms with Crippen molar-refractivity contribution >= 4 is 12.1 Å². The maximum atomic E-state index is 11.4. The average Bonchev–Trinajstić information content (AvgIpc) is 2.11. The lowest BCUT2D eigenvalue weighted by atomic mass is 10.2. The highest BCUT2D eigenvalue weighted by atomic mass is 16.6. The van der Waals surface area contributed by atoms with E-state index in [1.165, 1.54) is 0 Å². The molecule has 0 radical (unpaired) electrons. The van der Waals surface area contributed by atoms with Gasteiger partial charge in [0.15, 0.2) is 6.04 Å². The molecule has 0 heterocycles. The molecule has 0 rings (SSSR count). The van der Waals surface area contributed by atoms with Crippen LogP contribution in [0.3, 0.4) is 0 Å². The third-order valence-corrected chi connectivity index (χ3v) is 1.84. The van der Waals surface area contributed by atoms with Gasteiger partial charge in [0.1, 0.15) is 5.60 Å². The van der Waals surface area contributed by atoms with Crippen LogP contribution in [-0.4, -0.2) is 41.5 Å². The van der Waals surface area contributed by atoms with Crippen LogP contribution < -0.4 is 5.32 Å². The molecule has 0 aliphatic heterocycles. The van der Waals surface area contributed by atoms with Crippen LogP contribution >= 0.6 is 0 Å². The third-order valence-electron chi connectivity index (χ3n) is 1.84. The lowest BCUT2D eigenvalue weighted by Gasteiger charge is -2.24. The van der Waals surface area contributed by atoms with Crippen LogP contribution in [0.1, 0.15) is 34.6 Å². The quantitative estimate of drug-likeness (QED) is 0.766. The first kappa shape index (κ1) is 15.7. The standard InChI is InChI=1S/C11H21NO5/c1-6-16-7(2)8(9(13)14)12-10(15)17-11(3,4)5/h7-8H,6H2,1-5H3,(H,12,15)(H,13,14)/t7-,8+/m0/s1. The number of carbonyl (C=O) groups is 2. The molecule has 0 saturated carbocycles. The number of hydrogen-bond donors (Lipinski definition) is 2. The fraction of sp³-hybridized carbons (Fsp3) is 0.818. The summed E-state index contributed by atoms with van der Waals surface area (Å²) in [7, 11) is 0. The highest BCUT2D eigenvalue weighted by Gasteiger charge is 2.29. The summed E-state index contributed by atoms with van der Waals surface area (Å²) in [5.74, 6) is -1.16. The fourth-order valence-corrected chi connectivity index (χ4v) is 1.17. The van der Waals surface area contributed by atoms with Gasteiger partial charge in [-0.05, 0) is 34.6 Å². The van der Waals surface area contributed by atoms with Gasteiger partial charge in [-0.2, -0.15) is 0 Å². The van der Waals surface area contributed by atoms with Crippen molar-refractivity contribution in [2.75, 3.05) is 6.61 Å². The summed E-state index contributed by atoms with van der Waals surface area (Å²) >= 11 is 0. The van der Waals surface area contributed by atoms with E-state index in [0.29, 0.717) is 6.61 Å². The van der Waals surface area contributed by atoms with Crippen molar-refractivity contribution in [3.8, 4) is 0 Å². The SMILES string of the molecule is CCO[C@@H](C)[C@@H](NC(=O)OC(C)(C)C)C(=O)O. The average molecular weight is 247 g/mol. The molecule has 0 saturated heterocycles. The number of alkyl carbamates (subject to hydrolysis) is 1. The van der Waals surface area contributed by atoms with Gasteiger partial charge in [-0.15, -0.1) is 0 Å². The van der Waals surface area contributed by atoms with Crippen molar-refractivity contribution in [1.82, 2.24) is 5.32 Å². The molecule has 0 spiro atoms. The Balaban J connectivity index is 4.45. The third kappa shape index (κ3) is 6.78. The Hall–Kier alpha value is -1.30. The Morgan fingerprint density at radius 1 is 1.35 bits per heavy atom. The number of carboxylic acids is 1. The summed E-state index contributed by atoms with van der Waals surface area (Å²) in [4.78, 5) is 22.4. The smallest absolute Gasteiger partial charge is 0.408 e. The first-order valence-electron chi connectivity index (χ1n) is 5.51. The Morgan fingerprint density at radius 3 is 2.24 bits per heavy atom. The second-order valence-electron chi connectivity index (χ2n) is 4.62. The molecule has 0 aromatic heterocycles. The molecule has 0 aliphatic rings. The van der Waals surface area contributed by atoms with Gasteiger partial charge < -0.3 is 19.9 Å². The molecule has 0 unspecified atom stereocenters. The zero-order valence-electron chi connectivity index (χ0n) is 10.9. The largest absolute Gasteiger partial charge is 0.480 e. The molecular formula is C11H21NO5. The highest BCUT2D eigenvalue weighted by Crippen LogP contribution is 2.08. The lowest BCUT2D eigenvalue weighted by molar-refractivity contribution is -0.143. The normalized spacial score (nSPS) is 14.9. The van der Waals surface area contributed by atoms with Crippen molar-refractivity contribution in [3.63, 3.8) is 0 Å². The zero-order chi connectivity index (χ0) is 13.6. The maximum Gasteiger partial charge on any atom is 0.408 e. The van der Waals surface area contributed by atoms with E-state index in [4.69, 9.17) is 14.6 Å². The molecule has 0 aromatic rings. The van der Waals surface area contributed by atoms with Crippen LogP contribution in [0.4, 0.5) is 4.79 Å². The van der Waals surface area contributed by atoms with Crippen molar-refractivity contribution in [3.05, 3.63) is 0 Å². The monoisotopic (exact) mass is 247 g/mol. The van der Waals surface area contributed by atoms with E-state index in [0.717, 1.165) is 0 Å². The van der Waals surface area contributed by atoms with E-state index in [2.05, 4.69) is 5.32 Å². The van der Waals surface area contributed by atoms with Crippen LogP contribution in [0.15, 0.2) is 0 Å². The molecule has 17 heavy (non-hydrogen) atoms. The summed E-state index contributed by atoms with van der Waals surface area (Å²) in [6.07, 6.45) is -1.39. The minimum Gasteiger partial charge on any atom is -0.480 e. The van der Waals surface area contributed by atoms with E-state index >= 15 is 0 Å². The molecule has 1 amide bonds. The van der Waals surface area contributed by atoms with Crippen molar-refractivity contribution < 1.29 is 24.2 Å². The number of aliphatic carboxylic acids is 1. The van der Waals surface area contributed by atoms with Gasteiger partial charge in [0.25, 0.3) is 0 Å². The van der Waals surface area contributed by atoms with Crippen LogP contribution in [-0.2, 0) is 14.3 Å². The van der Waals surface area contributed by atoms with Crippen LogP contribution in [0.5, 0.6) is 0 Å². The topological polar surface area (TPSA) is 84.9 Å². The predicted octanol–water partition coefficient (Wildman–Crippen LogP) is 1.39. The number of nitrogens with one attached hydrogen (secondary N) is 1. The van der Waals surface area contributed by atoms with Gasteiger partial charge in [0.2, 0.25) is 0 Å². The highest BCUT2D eigenvalue weighted by molar-refractivity contribution is 5.80. The summed E-state index contributed by atoms with van der Waals surface area (Å²) in [5.41, 5.74) is -0.665. The van der Waals surface area contributed by atoms with E-state index in [-0.39, 0.29) is 0 Å². The molecule has 6 heteroatoms. The van der Waals surface area contributed by atoms with Gasteiger partial charge in [-0.1, -0.05) is 0 Å². The van der Waals surface area contributed by atoms with E-state index in [9.17, 15) is 9.59 Å². The summed E-state index contributed by atoms with van der Waals surface area (Å²) in [5, 5.41) is 11.2. The number of amides is 1. The number of carboxylic acid groups (broad SMARTS) is 1. The minimum absolute atomic E-state index is 0.376. The molecule has 2 atom stereocenters. The van der Waals surface area contributed by atoms with Crippen molar-refractivity contribution in [2.24, 2.45) is 0 Å². The minimum atomic E-state index is -1.16. The van der Waals surface area contributed by atoms with Gasteiger partial charge in [0.05, 0.1) is 6.10 Å². The number of rotatable bonds is 5. The van der Waals surface area contributed by atoms with E-state index in [1.54, 1.807) is 34.6 Å². The Morgan fingerprint density at radius 2 is 1.88 bits per heavy atom. The number of ether oxygens (including phenoxy) is 2. The summed E-state index contributed by atoms with van der Waals surface area (Å²) < 4.78 is 10.1. The molecule has 2 N–H and O–H groups in total. The molecule has 100 valence electrons. The van der Waals surface area contributed by atoms with Gasteiger partial charge in [-0.25, -0.2) is 9.59 Å². The Bertz CT molecular complexity index is 272. The van der Waals surface area contributed by atoms with Crippen LogP contribution in [0.2, 0.25) is 0 Å². The number of carbonyl (C=O) groups excluding carboxylic acids is 1. The first-order valence-corrected chi connectivity index (χ1v) is 5.51. The second kappa shape index (κ2) is 6.44. The van der Waals surface area contributed by atoms with Crippen LogP contribution in [0, 0.1) is 0 Å². The molecular weight excluding hydrogens is 226 g/mol. The molecule has 0 aliphatic carbocycles. The molecule has 6 nitrogen and oxygen atoms in total. The Kier molecular flexibility index (Phi) is 5.95. The second-order valence-corrected chi connectivity index (χ2v) is 4.62. The van der Waals surface area contributed by atoms with Gasteiger partial charge >= 0.3 is 12.1 Å².